The Morgan fingerprint density at radius 2 is 1.18 bits per heavy atom. The second kappa shape index (κ2) is 11.0. The number of fused-ring (bicyclic) bond motifs is 8. The van der Waals surface area contributed by atoms with Gasteiger partial charge in [0.2, 0.25) is 0 Å². The van der Waals surface area contributed by atoms with Crippen molar-refractivity contribution in [3.63, 3.8) is 0 Å². The zero-order valence-corrected chi connectivity index (χ0v) is 27.5. The maximum absolute atomic E-state index is 6.59. The van der Waals surface area contributed by atoms with E-state index in [0.29, 0.717) is 0 Å². The fourth-order valence-corrected chi connectivity index (χ4v) is 7.42. The molecule has 10 rings (SSSR count). The zero-order chi connectivity index (χ0) is 33.3. The van der Waals surface area contributed by atoms with Gasteiger partial charge in [-0.25, -0.2) is 4.99 Å². The van der Waals surface area contributed by atoms with Crippen LogP contribution in [0.2, 0.25) is 0 Å². The third kappa shape index (κ3) is 4.23. The Balaban J connectivity index is 1.27. The van der Waals surface area contributed by atoms with E-state index >= 15 is 0 Å². The molecule has 5 nitrogen and oxygen atoms in total. The lowest BCUT2D eigenvalue weighted by Gasteiger charge is -2.28. The van der Waals surface area contributed by atoms with E-state index < -0.39 is 0 Å². The molecule has 4 heterocycles. The van der Waals surface area contributed by atoms with Gasteiger partial charge in [-0.05, 0) is 72.7 Å². The second-order valence-electron chi connectivity index (χ2n) is 12.7. The minimum atomic E-state index is 0.748. The quantitative estimate of drug-likeness (QED) is 0.192. The number of allylic oxidation sites excluding steroid dienone is 2. The first kappa shape index (κ1) is 28.4. The van der Waals surface area contributed by atoms with Gasteiger partial charge in [-0.3, -0.25) is 0 Å². The first-order chi connectivity index (χ1) is 24.7. The number of nitrogens with zero attached hydrogens (tertiary/aromatic N) is 2. The largest absolute Gasteiger partial charge is 0.456 e. The molecule has 5 heteroatoms. The van der Waals surface area contributed by atoms with E-state index in [1.165, 1.54) is 0 Å². The molecule has 0 saturated heterocycles. The molecule has 0 saturated carbocycles. The molecule has 0 radical (unpaired) electrons. The van der Waals surface area contributed by atoms with Crippen molar-refractivity contribution in [3.05, 3.63) is 161 Å². The van der Waals surface area contributed by atoms with Crippen LogP contribution in [0.3, 0.4) is 0 Å². The van der Waals surface area contributed by atoms with Crippen molar-refractivity contribution in [1.82, 2.24) is 0 Å². The minimum Gasteiger partial charge on any atom is -0.456 e. The van der Waals surface area contributed by atoms with Gasteiger partial charge in [-0.2, -0.15) is 0 Å². The Morgan fingerprint density at radius 1 is 0.560 bits per heavy atom. The van der Waals surface area contributed by atoms with E-state index in [2.05, 4.69) is 115 Å². The summed E-state index contributed by atoms with van der Waals surface area (Å²) < 4.78 is 19.2. The molecule has 0 atom stereocenters. The van der Waals surface area contributed by atoms with Gasteiger partial charge in [0.1, 0.15) is 39.2 Å². The molecular formula is C45H30N2O3. The lowest BCUT2D eigenvalue weighted by molar-refractivity contribution is 0.575. The molecular weight excluding hydrogens is 617 g/mol. The SMILES string of the molecule is C\C=C/C=c1/oc2ccc(-c3ccc4oc5ccccc5c4c3)cc2/c1=C1\N=C(c2cccc3c2oc2ccccc23)c2ccccc2N1C. The van der Waals surface area contributed by atoms with Crippen molar-refractivity contribution in [3.8, 4) is 11.1 Å². The maximum Gasteiger partial charge on any atom is 0.145 e. The van der Waals surface area contributed by atoms with Crippen molar-refractivity contribution < 1.29 is 13.3 Å². The summed E-state index contributed by atoms with van der Waals surface area (Å²) in [6, 6.07) is 43.9. The van der Waals surface area contributed by atoms with Crippen molar-refractivity contribution in [2.24, 2.45) is 4.99 Å². The highest BCUT2D eigenvalue weighted by Gasteiger charge is 2.27. The Kier molecular flexibility index (Phi) is 6.24. The Morgan fingerprint density at radius 3 is 1.98 bits per heavy atom. The summed E-state index contributed by atoms with van der Waals surface area (Å²) in [6.45, 7) is 2.01. The van der Waals surface area contributed by atoms with Crippen LogP contribution in [0.15, 0.2) is 158 Å². The van der Waals surface area contributed by atoms with Gasteiger partial charge in [-0.1, -0.05) is 91.0 Å². The number of rotatable bonds is 3. The van der Waals surface area contributed by atoms with Crippen molar-refractivity contribution in [2.45, 2.75) is 6.92 Å². The van der Waals surface area contributed by atoms with E-state index in [9.17, 15) is 0 Å². The van der Waals surface area contributed by atoms with Crippen LogP contribution in [-0.2, 0) is 0 Å². The molecule has 0 aliphatic carbocycles. The predicted octanol–water partition coefficient (Wildman–Crippen LogP) is 10.3. The average Bonchev–Trinajstić information content (AvgIpc) is 3.85. The van der Waals surface area contributed by atoms with Gasteiger partial charge >= 0.3 is 0 Å². The van der Waals surface area contributed by atoms with Gasteiger partial charge in [-0.15, -0.1) is 0 Å². The van der Waals surface area contributed by atoms with Crippen molar-refractivity contribution in [2.75, 3.05) is 11.9 Å². The summed E-state index contributed by atoms with van der Waals surface area (Å²) in [7, 11) is 2.08. The molecule has 50 heavy (non-hydrogen) atoms. The molecule has 0 fully saturated rings. The number of hydrogen-bond acceptors (Lipinski definition) is 5. The summed E-state index contributed by atoms with van der Waals surface area (Å²) in [5.74, 6) is 0.801. The van der Waals surface area contributed by atoms with Crippen LogP contribution >= 0.6 is 0 Å². The van der Waals surface area contributed by atoms with Crippen LogP contribution in [0.4, 0.5) is 5.69 Å². The molecule has 0 unspecified atom stereocenters. The molecule has 0 bridgehead atoms. The van der Waals surface area contributed by atoms with E-state index in [0.717, 1.165) is 105 Å². The number of anilines is 1. The highest BCUT2D eigenvalue weighted by atomic mass is 16.3. The first-order valence-electron chi connectivity index (χ1n) is 16.8. The monoisotopic (exact) mass is 646 g/mol. The summed E-state index contributed by atoms with van der Waals surface area (Å²) in [5, 5.41) is 6.29. The van der Waals surface area contributed by atoms with Crippen molar-refractivity contribution in [1.29, 1.82) is 0 Å². The van der Waals surface area contributed by atoms with Crippen LogP contribution in [0.25, 0.3) is 77.9 Å². The molecule has 3 aromatic heterocycles. The van der Waals surface area contributed by atoms with E-state index in [1.54, 1.807) is 0 Å². The molecule has 1 aliphatic rings. The highest BCUT2D eigenvalue weighted by Crippen LogP contribution is 2.37. The van der Waals surface area contributed by atoms with Crippen LogP contribution in [0.1, 0.15) is 18.1 Å². The van der Waals surface area contributed by atoms with Crippen LogP contribution in [-0.4, -0.2) is 12.8 Å². The fourth-order valence-electron chi connectivity index (χ4n) is 7.42. The Bertz CT molecular complexity index is 3020. The summed E-state index contributed by atoms with van der Waals surface area (Å²) in [4.78, 5) is 7.68. The first-order valence-corrected chi connectivity index (χ1v) is 16.8. The summed E-state index contributed by atoms with van der Waals surface area (Å²) in [5.41, 5.74) is 11.1. The third-order valence-electron chi connectivity index (χ3n) is 9.80. The van der Waals surface area contributed by atoms with Crippen LogP contribution in [0.5, 0.6) is 0 Å². The topological polar surface area (TPSA) is 55.0 Å². The smallest absolute Gasteiger partial charge is 0.145 e. The number of hydrogen-bond donors (Lipinski definition) is 0. The molecule has 0 N–H and O–H groups in total. The number of para-hydroxylation sites is 4. The zero-order valence-electron chi connectivity index (χ0n) is 27.5. The molecule has 0 amide bonds. The number of aliphatic imine (C=N–C) groups is 1. The number of furan rings is 3. The Hall–Kier alpha value is -6.59. The van der Waals surface area contributed by atoms with Gasteiger partial charge in [0.25, 0.3) is 0 Å². The molecule has 1 aliphatic heterocycles. The minimum absolute atomic E-state index is 0.748. The van der Waals surface area contributed by atoms with Crippen LogP contribution in [0, 0.1) is 0 Å². The predicted molar refractivity (Wildman–Crippen MR) is 205 cm³/mol. The van der Waals surface area contributed by atoms with Gasteiger partial charge in [0.05, 0.1) is 16.6 Å². The lowest BCUT2D eigenvalue weighted by Crippen LogP contribution is -2.33. The van der Waals surface area contributed by atoms with Crippen LogP contribution < -0.4 is 15.5 Å². The van der Waals surface area contributed by atoms with E-state index in [1.807, 2.05) is 49.4 Å². The lowest BCUT2D eigenvalue weighted by atomic mass is 9.96. The average molecular weight is 647 g/mol. The normalized spacial score (nSPS) is 15.0. The summed E-state index contributed by atoms with van der Waals surface area (Å²) in [6.07, 6.45) is 6.04. The van der Waals surface area contributed by atoms with E-state index in [-0.39, 0.29) is 0 Å². The highest BCUT2D eigenvalue weighted by molar-refractivity contribution is 6.25. The van der Waals surface area contributed by atoms with Gasteiger partial charge in [0.15, 0.2) is 0 Å². The molecule has 238 valence electrons. The number of benzene rings is 6. The third-order valence-corrected chi connectivity index (χ3v) is 9.80. The summed E-state index contributed by atoms with van der Waals surface area (Å²) >= 11 is 0. The van der Waals surface area contributed by atoms with Gasteiger partial charge < -0.3 is 18.2 Å². The fraction of sp³-hybridized carbons (Fsp3) is 0.0444. The standard InChI is InChI=1S/C45H30N2O3/c1-3-4-18-41-42(35-26-28(22-24-40(35)49-41)27-21-23-39-34(25-27)30-13-7-9-19-37(30)48-39)45-46-43(32-14-5-8-17-36(32)47(45)2)33-16-11-15-31-29-12-6-10-20-38(29)50-44(31)33/h3-26H,1-2H3/b4-3-,41-18+,45-42-. The van der Waals surface area contributed by atoms with Gasteiger partial charge in [0, 0.05) is 45.1 Å². The molecule has 9 aromatic rings. The van der Waals surface area contributed by atoms with E-state index in [4.69, 9.17) is 18.2 Å². The molecule has 6 aromatic carbocycles. The maximum atomic E-state index is 6.59. The Labute approximate surface area is 287 Å². The molecule has 0 spiro atoms. The second-order valence-corrected chi connectivity index (χ2v) is 12.7. The van der Waals surface area contributed by atoms with Crippen molar-refractivity contribution >= 4 is 78.1 Å².